The molecule has 0 bridgehead atoms. The van der Waals surface area contributed by atoms with Gasteiger partial charge in [-0.15, -0.1) is 0 Å². The Balaban J connectivity index is 3.03. The molecule has 0 aliphatic carbocycles. The predicted molar refractivity (Wildman–Crippen MR) is 202 cm³/mol. The number of hydrogen-bond donors (Lipinski definition) is 1. The van der Waals surface area contributed by atoms with E-state index in [9.17, 15) is 0 Å². The van der Waals surface area contributed by atoms with Crippen LogP contribution >= 0.6 is 0 Å². The van der Waals surface area contributed by atoms with Crippen molar-refractivity contribution in [3.05, 3.63) is 0 Å². The van der Waals surface area contributed by atoms with Crippen molar-refractivity contribution in [3.8, 4) is 0 Å². The zero-order valence-electron chi connectivity index (χ0n) is 31.1. The highest BCUT2D eigenvalue weighted by Crippen LogP contribution is 2.17. The lowest BCUT2D eigenvalue weighted by molar-refractivity contribution is 0.282. The molecule has 0 aromatic rings. The second kappa shape index (κ2) is 43.0. The van der Waals surface area contributed by atoms with Gasteiger partial charge in [-0.3, -0.25) is 0 Å². The molecule has 0 aromatic carbocycles. The summed E-state index contributed by atoms with van der Waals surface area (Å²) in [5, 5.41) is 8.80. The molecule has 0 atom stereocenters. The third kappa shape index (κ3) is 42.0. The molecule has 0 heterocycles. The number of rotatable bonds is 41. The molecule has 0 saturated carbocycles. The van der Waals surface area contributed by atoms with Gasteiger partial charge in [0, 0.05) is 6.61 Å². The Hall–Kier alpha value is -0.0400. The summed E-state index contributed by atoms with van der Waals surface area (Å²) >= 11 is 0. The maximum Gasteiger partial charge on any atom is 0.0431 e. The molecule has 0 saturated heterocycles. The summed E-state index contributed by atoms with van der Waals surface area (Å²) in [6.45, 7) is 2.68. The molecule has 1 heteroatoms. The number of hydrogen-bond acceptors (Lipinski definition) is 1. The number of aliphatic hydroxyl groups is 1. The van der Waals surface area contributed by atoms with Crippen LogP contribution in [0.25, 0.3) is 0 Å². The molecule has 0 aliphatic rings. The summed E-state index contributed by atoms with van der Waals surface area (Å²) in [5.41, 5.74) is 0. The van der Waals surface area contributed by atoms with E-state index < -0.39 is 0 Å². The molecule has 0 rings (SSSR count). The molecule has 0 aliphatic heterocycles. The summed E-state index contributed by atoms with van der Waals surface area (Å²) in [6.07, 6.45) is 59.5. The van der Waals surface area contributed by atoms with Crippen molar-refractivity contribution < 1.29 is 5.11 Å². The number of unbranched alkanes of at least 4 members (excludes halogenated alkanes) is 40. The SMILES string of the molecule is CCCCCCCCCCCCCCCCCCCCCCCCCCCCCCCCCCCCCCCCCCCO. The highest BCUT2D eigenvalue weighted by atomic mass is 16.2. The van der Waals surface area contributed by atoms with Crippen LogP contribution < -0.4 is 0 Å². The lowest BCUT2D eigenvalue weighted by Crippen LogP contribution is -1.85. The van der Waals surface area contributed by atoms with Gasteiger partial charge in [0.25, 0.3) is 0 Å². The molecule has 0 unspecified atom stereocenters. The second-order valence-electron chi connectivity index (χ2n) is 14.9. The van der Waals surface area contributed by atoms with Crippen LogP contribution in [-0.4, -0.2) is 11.7 Å². The van der Waals surface area contributed by atoms with Gasteiger partial charge in [-0.05, 0) is 6.42 Å². The molecule has 0 amide bonds. The van der Waals surface area contributed by atoms with E-state index in [4.69, 9.17) is 5.11 Å². The van der Waals surface area contributed by atoms with Gasteiger partial charge in [-0.25, -0.2) is 0 Å². The van der Waals surface area contributed by atoms with Gasteiger partial charge < -0.3 is 5.11 Å². The average molecular weight is 621 g/mol. The molecular formula is C43H88O. The largest absolute Gasteiger partial charge is 0.396 e. The van der Waals surface area contributed by atoms with Gasteiger partial charge in [0.2, 0.25) is 0 Å². The molecule has 0 spiro atoms. The minimum atomic E-state index is 0.375. The number of aliphatic hydroxyl groups excluding tert-OH is 1. The van der Waals surface area contributed by atoms with Crippen LogP contribution in [0, 0.1) is 0 Å². The maximum absolute atomic E-state index is 8.80. The van der Waals surface area contributed by atoms with Crippen LogP contribution in [0.2, 0.25) is 0 Å². The summed E-state index contributed by atoms with van der Waals surface area (Å²) in [6, 6.07) is 0. The monoisotopic (exact) mass is 621 g/mol. The summed E-state index contributed by atoms with van der Waals surface area (Å²) < 4.78 is 0. The Morgan fingerprint density at radius 2 is 0.295 bits per heavy atom. The van der Waals surface area contributed by atoms with Crippen molar-refractivity contribution in [1.29, 1.82) is 0 Å². The first-order valence-electron chi connectivity index (χ1n) is 21.5. The molecule has 0 aromatic heterocycles. The molecule has 266 valence electrons. The van der Waals surface area contributed by atoms with Gasteiger partial charge in [-0.1, -0.05) is 264 Å². The first-order chi connectivity index (χ1) is 21.9. The topological polar surface area (TPSA) is 20.2 Å². The van der Waals surface area contributed by atoms with Crippen LogP contribution in [0.1, 0.15) is 270 Å². The Labute approximate surface area is 281 Å². The second-order valence-corrected chi connectivity index (χ2v) is 14.9. The van der Waals surface area contributed by atoms with E-state index >= 15 is 0 Å². The maximum atomic E-state index is 8.80. The van der Waals surface area contributed by atoms with Crippen molar-refractivity contribution in [2.24, 2.45) is 0 Å². The van der Waals surface area contributed by atoms with Gasteiger partial charge in [0.1, 0.15) is 0 Å². The first-order valence-corrected chi connectivity index (χ1v) is 21.5. The van der Waals surface area contributed by atoms with Crippen molar-refractivity contribution in [1.82, 2.24) is 0 Å². The van der Waals surface area contributed by atoms with E-state index in [1.807, 2.05) is 0 Å². The van der Waals surface area contributed by atoms with E-state index in [0.29, 0.717) is 6.61 Å². The minimum absolute atomic E-state index is 0.375. The fraction of sp³-hybridized carbons (Fsp3) is 1.00. The van der Waals surface area contributed by atoms with Gasteiger partial charge in [0.15, 0.2) is 0 Å². The highest BCUT2D eigenvalue weighted by molar-refractivity contribution is 4.53. The molecule has 1 N–H and O–H groups in total. The van der Waals surface area contributed by atoms with Crippen molar-refractivity contribution in [2.45, 2.75) is 270 Å². The Bertz CT molecular complexity index is 418. The standard InChI is InChI=1S/C43H88O/c1-2-3-4-5-6-7-8-9-10-11-12-13-14-15-16-17-18-19-20-21-22-23-24-25-26-27-28-29-30-31-32-33-34-35-36-37-38-39-40-41-42-43-44/h44H,2-43H2,1H3. The van der Waals surface area contributed by atoms with E-state index in [1.165, 1.54) is 257 Å². The fourth-order valence-electron chi connectivity index (χ4n) is 7.08. The third-order valence-corrected chi connectivity index (χ3v) is 10.3. The van der Waals surface area contributed by atoms with Gasteiger partial charge in [0.05, 0.1) is 0 Å². The molecule has 0 fully saturated rings. The lowest BCUT2D eigenvalue weighted by Gasteiger charge is -2.05. The van der Waals surface area contributed by atoms with Crippen LogP contribution in [0.3, 0.4) is 0 Å². The quantitative estimate of drug-likeness (QED) is 0.0674. The van der Waals surface area contributed by atoms with E-state index in [1.54, 1.807) is 0 Å². The Morgan fingerprint density at radius 1 is 0.182 bits per heavy atom. The van der Waals surface area contributed by atoms with Gasteiger partial charge in [-0.2, -0.15) is 0 Å². The van der Waals surface area contributed by atoms with Crippen molar-refractivity contribution >= 4 is 0 Å². The zero-order chi connectivity index (χ0) is 31.7. The van der Waals surface area contributed by atoms with Crippen LogP contribution in [0.5, 0.6) is 0 Å². The third-order valence-electron chi connectivity index (χ3n) is 10.3. The van der Waals surface area contributed by atoms with Crippen molar-refractivity contribution in [3.63, 3.8) is 0 Å². The van der Waals surface area contributed by atoms with Crippen molar-refractivity contribution in [2.75, 3.05) is 6.61 Å². The molecule has 44 heavy (non-hydrogen) atoms. The van der Waals surface area contributed by atoms with Gasteiger partial charge >= 0.3 is 0 Å². The molecule has 1 nitrogen and oxygen atoms in total. The zero-order valence-corrected chi connectivity index (χ0v) is 31.1. The summed E-state index contributed by atoms with van der Waals surface area (Å²) in [5.74, 6) is 0. The normalized spacial score (nSPS) is 11.6. The van der Waals surface area contributed by atoms with Crippen LogP contribution in [-0.2, 0) is 0 Å². The van der Waals surface area contributed by atoms with E-state index in [2.05, 4.69) is 6.92 Å². The fourth-order valence-corrected chi connectivity index (χ4v) is 7.08. The Kier molecular flexibility index (Phi) is 42.9. The Morgan fingerprint density at radius 3 is 0.409 bits per heavy atom. The van der Waals surface area contributed by atoms with Crippen LogP contribution in [0.4, 0.5) is 0 Å². The lowest BCUT2D eigenvalue weighted by atomic mass is 10.0. The first kappa shape index (κ1) is 44.0. The van der Waals surface area contributed by atoms with E-state index in [0.717, 1.165) is 6.42 Å². The predicted octanol–water partition coefficient (Wildman–Crippen LogP) is 16.0. The average Bonchev–Trinajstić information content (AvgIpc) is 3.04. The smallest absolute Gasteiger partial charge is 0.0431 e. The minimum Gasteiger partial charge on any atom is -0.396 e. The summed E-state index contributed by atoms with van der Waals surface area (Å²) in [7, 11) is 0. The van der Waals surface area contributed by atoms with Crippen LogP contribution in [0.15, 0.2) is 0 Å². The summed E-state index contributed by atoms with van der Waals surface area (Å²) in [4.78, 5) is 0. The molecular weight excluding hydrogens is 532 g/mol. The van der Waals surface area contributed by atoms with E-state index in [-0.39, 0.29) is 0 Å². The molecule has 0 radical (unpaired) electrons. The highest BCUT2D eigenvalue weighted by Gasteiger charge is 1.98.